The smallest absolute Gasteiger partial charge is 0.180 e. The van der Waals surface area contributed by atoms with Crippen LogP contribution in [0.1, 0.15) is 19.4 Å². The molecule has 0 aliphatic heterocycles. The van der Waals surface area contributed by atoms with Gasteiger partial charge >= 0.3 is 0 Å². The molecule has 130 valence electrons. The molecule has 0 saturated heterocycles. The average Bonchev–Trinajstić information content (AvgIpc) is 2.59. The third kappa shape index (κ3) is 4.80. The summed E-state index contributed by atoms with van der Waals surface area (Å²) in [5.74, 6) is 0.447. The predicted molar refractivity (Wildman–Crippen MR) is 91.6 cm³/mol. The van der Waals surface area contributed by atoms with Crippen LogP contribution in [0, 0.1) is 0 Å². The maximum atomic E-state index is 12.2. The summed E-state index contributed by atoms with van der Waals surface area (Å²) >= 11 is 0. The first-order valence-corrected chi connectivity index (χ1v) is 9.23. The molecule has 5 nitrogen and oxygen atoms in total. The van der Waals surface area contributed by atoms with Gasteiger partial charge in [0, 0.05) is 0 Å². The number of sulfone groups is 1. The second-order valence-corrected chi connectivity index (χ2v) is 7.89. The highest BCUT2D eigenvalue weighted by atomic mass is 32.2. The minimum absolute atomic E-state index is 0.0510. The summed E-state index contributed by atoms with van der Waals surface area (Å²) in [6, 6.07) is 15.9. The van der Waals surface area contributed by atoms with Gasteiger partial charge in [0.05, 0.1) is 24.4 Å². The number of benzene rings is 2. The molecule has 0 bridgehead atoms. The van der Waals surface area contributed by atoms with E-state index in [-0.39, 0.29) is 17.3 Å². The molecule has 0 amide bonds. The van der Waals surface area contributed by atoms with Crippen molar-refractivity contribution in [3.05, 3.63) is 60.2 Å². The summed E-state index contributed by atoms with van der Waals surface area (Å²) in [6.07, 6.45) is 0. The van der Waals surface area contributed by atoms with Gasteiger partial charge in [-0.3, -0.25) is 0 Å². The number of ether oxygens (including phenoxy) is 1. The van der Waals surface area contributed by atoms with E-state index < -0.39 is 15.4 Å². The fourth-order valence-electron chi connectivity index (χ4n) is 2.12. The van der Waals surface area contributed by atoms with Gasteiger partial charge in [0.15, 0.2) is 9.84 Å². The zero-order valence-corrected chi connectivity index (χ0v) is 14.9. The Morgan fingerprint density at radius 3 is 2.17 bits per heavy atom. The largest absolute Gasteiger partial charge is 0.497 e. The first kappa shape index (κ1) is 18.4. The summed E-state index contributed by atoms with van der Waals surface area (Å²) in [5.41, 5.74) is 0.286. The van der Waals surface area contributed by atoms with Crippen LogP contribution in [0.4, 0.5) is 0 Å². The lowest BCUT2D eigenvalue weighted by Gasteiger charge is -2.24. The molecule has 24 heavy (non-hydrogen) atoms. The third-order valence-electron chi connectivity index (χ3n) is 3.59. The minimum atomic E-state index is -3.43. The first-order valence-electron chi connectivity index (χ1n) is 7.58. The lowest BCUT2D eigenvalue weighted by Crippen LogP contribution is -2.23. The minimum Gasteiger partial charge on any atom is -0.497 e. The Balaban J connectivity index is 1.88. The van der Waals surface area contributed by atoms with E-state index in [2.05, 4.69) is 0 Å². The van der Waals surface area contributed by atoms with Gasteiger partial charge in [-0.1, -0.05) is 30.3 Å². The van der Waals surface area contributed by atoms with Crippen LogP contribution in [0.5, 0.6) is 5.75 Å². The molecule has 0 N–H and O–H groups in total. The van der Waals surface area contributed by atoms with Crippen LogP contribution < -0.4 is 4.74 Å². The van der Waals surface area contributed by atoms with E-state index in [1.807, 2.05) is 44.2 Å². The number of methoxy groups -OCH3 is 1. The molecule has 2 aromatic rings. The van der Waals surface area contributed by atoms with E-state index in [4.69, 9.17) is 14.5 Å². The quantitative estimate of drug-likeness (QED) is 0.415. The summed E-state index contributed by atoms with van der Waals surface area (Å²) in [7, 11) is -1.90. The highest BCUT2D eigenvalue weighted by Gasteiger charge is 2.23. The topological polar surface area (TPSA) is 61.8 Å². The van der Waals surface area contributed by atoms with Gasteiger partial charge in [0.2, 0.25) is 0 Å². The van der Waals surface area contributed by atoms with Crippen molar-refractivity contribution in [1.82, 2.24) is 0 Å². The van der Waals surface area contributed by atoms with Gasteiger partial charge in [0.25, 0.3) is 0 Å². The van der Waals surface area contributed by atoms with Crippen molar-refractivity contribution in [1.29, 1.82) is 0 Å². The van der Waals surface area contributed by atoms with Crippen LogP contribution in [-0.2, 0) is 25.2 Å². The van der Waals surface area contributed by atoms with E-state index in [0.717, 1.165) is 5.56 Å². The SMILES string of the molecule is COc1ccc(S(=O)(=O)CCOOC(C)(C)c2ccccc2)cc1. The van der Waals surface area contributed by atoms with E-state index in [0.29, 0.717) is 5.75 Å². The molecule has 2 aromatic carbocycles. The molecule has 0 saturated carbocycles. The van der Waals surface area contributed by atoms with Crippen LogP contribution in [0.3, 0.4) is 0 Å². The molecule has 0 fully saturated rings. The molecule has 0 aliphatic rings. The molecule has 0 radical (unpaired) electrons. The highest BCUT2D eigenvalue weighted by Crippen LogP contribution is 2.24. The van der Waals surface area contributed by atoms with Gasteiger partial charge in [-0.05, 0) is 43.7 Å². The first-order chi connectivity index (χ1) is 11.3. The van der Waals surface area contributed by atoms with Crippen molar-refractivity contribution in [3.63, 3.8) is 0 Å². The molecule has 0 aromatic heterocycles. The van der Waals surface area contributed by atoms with Crippen LogP contribution in [0.2, 0.25) is 0 Å². The standard InChI is InChI=1S/C18H22O5S/c1-18(2,15-7-5-4-6-8-15)23-22-13-14-24(19,20)17-11-9-16(21-3)10-12-17/h4-12H,13-14H2,1-3H3. The maximum absolute atomic E-state index is 12.2. The van der Waals surface area contributed by atoms with Crippen molar-refractivity contribution >= 4 is 9.84 Å². The van der Waals surface area contributed by atoms with E-state index in [1.165, 1.54) is 19.2 Å². The average molecular weight is 350 g/mol. The monoisotopic (exact) mass is 350 g/mol. The summed E-state index contributed by atoms with van der Waals surface area (Å²) in [5, 5.41) is 0. The Morgan fingerprint density at radius 2 is 1.58 bits per heavy atom. The maximum Gasteiger partial charge on any atom is 0.180 e. The zero-order chi connectivity index (χ0) is 17.6. The number of hydrogen-bond donors (Lipinski definition) is 0. The molecule has 0 atom stereocenters. The van der Waals surface area contributed by atoms with Crippen molar-refractivity contribution in [2.24, 2.45) is 0 Å². The molecular weight excluding hydrogens is 328 g/mol. The molecule has 0 unspecified atom stereocenters. The normalized spacial score (nSPS) is 12.1. The third-order valence-corrected chi connectivity index (χ3v) is 5.28. The number of hydrogen-bond acceptors (Lipinski definition) is 5. The lowest BCUT2D eigenvalue weighted by molar-refractivity contribution is -0.355. The lowest BCUT2D eigenvalue weighted by atomic mass is 9.99. The molecule has 0 spiro atoms. The van der Waals surface area contributed by atoms with E-state index in [1.54, 1.807) is 12.1 Å². The van der Waals surface area contributed by atoms with Gasteiger partial charge in [-0.15, -0.1) is 0 Å². The predicted octanol–water partition coefficient (Wildman–Crippen LogP) is 3.35. The Labute approximate surface area is 143 Å². The molecule has 6 heteroatoms. The molecule has 0 aliphatic carbocycles. The van der Waals surface area contributed by atoms with Gasteiger partial charge < -0.3 is 4.74 Å². The molecular formula is C18H22O5S. The Kier molecular flexibility index (Phi) is 5.99. The van der Waals surface area contributed by atoms with Crippen molar-refractivity contribution in [2.75, 3.05) is 19.5 Å². The van der Waals surface area contributed by atoms with Gasteiger partial charge in [-0.25, -0.2) is 18.2 Å². The van der Waals surface area contributed by atoms with Gasteiger partial charge in [-0.2, -0.15) is 0 Å². The summed E-state index contributed by atoms with van der Waals surface area (Å²) in [4.78, 5) is 10.8. The summed E-state index contributed by atoms with van der Waals surface area (Å²) < 4.78 is 29.5. The van der Waals surface area contributed by atoms with Crippen molar-refractivity contribution < 1.29 is 22.9 Å². The Morgan fingerprint density at radius 1 is 0.958 bits per heavy atom. The van der Waals surface area contributed by atoms with Crippen LogP contribution >= 0.6 is 0 Å². The van der Waals surface area contributed by atoms with Crippen molar-refractivity contribution in [2.45, 2.75) is 24.3 Å². The Hall–Kier alpha value is -1.89. The van der Waals surface area contributed by atoms with Crippen molar-refractivity contribution in [3.8, 4) is 5.75 Å². The van der Waals surface area contributed by atoms with Crippen LogP contribution in [-0.4, -0.2) is 27.9 Å². The van der Waals surface area contributed by atoms with Crippen LogP contribution in [0.25, 0.3) is 0 Å². The Bertz CT molecular complexity index is 737. The fourth-order valence-corrected chi connectivity index (χ4v) is 3.20. The second kappa shape index (κ2) is 7.79. The molecule has 2 rings (SSSR count). The zero-order valence-electron chi connectivity index (χ0n) is 14.1. The molecule has 0 heterocycles. The second-order valence-electron chi connectivity index (χ2n) is 5.78. The van der Waals surface area contributed by atoms with Gasteiger partial charge in [0.1, 0.15) is 11.4 Å². The van der Waals surface area contributed by atoms with Crippen LogP contribution in [0.15, 0.2) is 59.5 Å². The van der Waals surface area contributed by atoms with E-state index in [9.17, 15) is 8.42 Å². The highest BCUT2D eigenvalue weighted by molar-refractivity contribution is 7.91. The fraction of sp³-hybridized carbons (Fsp3) is 0.333. The summed E-state index contributed by atoms with van der Waals surface area (Å²) in [6.45, 7) is 3.67. The number of rotatable bonds is 8. The van der Waals surface area contributed by atoms with E-state index >= 15 is 0 Å².